The highest BCUT2D eigenvalue weighted by molar-refractivity contribution is 5.77. The first-order valence-corrected chi connectivity index (χ1v) is 12.2. The molecule has 0 aromatic carbocycles. The average molecular weight is 391 g/mol. The minimum Gasteiger partial charge on any atom is -0.458 e. The molecule has 162 valence electrons. The van der Waals surface area contributed by atoms with E-state index < -0.39 is 0 Å². The zero-order chi connectivity index (χ0) is 20.9. The molecule has 0 amide bonds. The molecule has 0 aromatic heterocycles. The van der Waals surface area contributed by atoms with Crippen LogP contribution < -0.4 is 0 Å². The Morgan fingerprint density at radius 3 is 2.07 bits per heavy atom. The van der Waals surface area contributed by atoms with Crippen molar-refractivity contribution in [3.63, 3.8) is 0 Å². The van der Waals surface area contributed by atoms with Crippen LogP contribution in [0.2, 0.25) is 0 Å². The van der Waals surface area contributed by atoms with Gasteiger partial charge in [-0.05, 0) is 93.3 Å². The van der Waals surface area contributed by atoms with E-state index in [2.05, 4.69) is 55.4 Å². The molecule has 7 atom stereocenters. The number of hydrogen-bond donors (Lipinski definition) is 0. The first-order valence-electron chi connectivity index (χ1n) is 12.2. The van der Waals surface area contributed by atoms with Crippen molar-refractivity contribution in [3.05, 3.63) is 0 Å². The lowest BCUT2D eigenvalue weighted by atomic mass is 9.54. The first-order chi connectivity index (χ1) is 13.0. The molecular weight excluding hydrogens is 344 g/mol. The summed E-state index contributed by atoms with van der Waals surface area (Å²) in [5.74, 6) is 4.90. The molecule has 3 saturated carbocycles. The fourth-order valence-corrected chi connectivity index (χ4v) is 7.76. The van der Waals surface area contributed by atoms with E-state index in [1.165, 1.54) is 25.7 Å². The molecule has 2 nitrogen and oxygen atoms in total. The number of esters is 1. The summed E-state index contributed by atoms with van der Waals surface area (Å²) in [5, 5.41) is 0. The van der Waals surface area contributed by atoms with Crippen molar-refractivity contribution < 1.29 is 9.53 Å². The molecule has 7 unspecified atom stereocenters. The van der Waals surface area contributed by atoms with Gasteiger partial charge in [-0.3, -0.25) is 4.79 Å². The normalized spacial score (nSPS) is 37.0. The SMILES string of the molecule is CCC(C)(CC(C)(C)C)C(=O)OC(CC)(CC)C1C(C)CC2CC3CC1C3C2. The summed E-state index contributed by atoms with van der Waals surface area (Å²) in [4.78, 5) is 13.6. The molecule has 3 fully saturated rings. The Balaban J connectivity index is 1.86. The largest absolute Gasteiger partial charge is 0.458 e. The maximum Gasteiger partial charge on any atom is 0.312 e. The number of rotatable bonds is 7. The summed E-state index contributed by atoms with van der Waals surface area (Å²) in [6.07, 6.45) is 9.31. The van der Waals surface area contributed by atoms with Crippen LogP contribution in [-0.2, 0) is 9.53 Å². The highest BCUT2D eigenvalue weighted by atomic mass is 16.6. The Morgan fingerprint density at radius 1 is 0.893 bits per heavy atom. The number of fused-ring (bicyclic) bond motifs is 1. The topological polar surface area (TPSA) is 26.3 Å². The van der Waals surface area contributed by atoms with E-state index >= 15 is 0 Å². The predicted octanol–water partition coefficient (Wildman–Crippen LogP) is 7.26. The van der Waals surface area contributed by atoms with Crippen molar-refractivity contribution in [3.8, 4) is 0 Å². The molecule has 2 heteroatoms. The van der Waals surface area contributed by atoms with Crippen molar-refractivity contribution in [1.29, 1.82) is 0 Å². The van der Waals surface area contributed by atoms with Crippen LogP contribution in [-0.4, -0.2) is 11.6 Å². The summed E-state index contributed by atoms with van der Waals surface area (Å²) in [6.45, 7) is 18.0. The maximum absolute atomic E-state index is 13.6. The molecule has 28 heavy (non-hydrogen) atoms. The molecule has 0 saturated heterocycles. The summed E-state index contributed by atoms with van der Waals surface area (Å²) in [7, 11) is 0. The van der Waals surface area contributed by atoms with Gasteiger partial charge >= 0.3 is 5.97 Å². The Labute approximate surface area is 174 Å². The van der Waals surface area contributed by atoms with E-state index in [4.69, 9.17) is 4.74 Å². The van der Waals surface area contributed by atoms with E-state index in [0.717, 1.165) is 49.4 Å². The van der Waals surface area contributed by atoms with E-state index in [-0.39, 0.29) is 22.4 Å². The van der Waals surface area contributed by atoms with E-state index in [1.807, 2.05) is 0 Å². The van der Waals surface area contributed by atoms with Crippen molar-refractivity contribution in [2.45, 2.75) is 112 Å². The molecule has 3 aliphatic rings. The minimum absolute atomic E-state index is 0.0612. The van der Waals surface area contributed by atoms with Gasteiger partial charge in [-0.2, -0.15) is 0 Å². The standard InChI is InChI=1S/C26H46O2/c1-9-25(8,16-24(5,6)7)23(27)28-26(10-2,11-3)22-17(4)12-18-13-19-15-21(22)20(19)14-18/h17-22H,9-16H2,1-8H3. The molecule has 0 N–H and O–H groups in total. The summed E-state index contributed by atoms with van der Waals surface area (Å²) in [5.41, 5.74) is -0.533. The number of ether oxygens (including phenoxy) is 1. The molecule has 0 heterocycles. The zero-order valence-electron chi connectivity index (χ0n) is 19.9. The van der Waals surface area contributed by atoms with Crippen LogP contribution in [0.4, 0.5) is 0 Å². The van der Waals surface area contributed by atoms with Gasteiger partial charge in [0.1, 0.15) is 5.60 Å². The van der Waals surface area contributed by atoms with Gasteiger partial charge in [0.2, 0.25) is 0 Å². The lowest BCUT2D eigenvalue weighted by Crippen LogP contribution is -2.54. The predicted molar refractivity (Wildman–Crippen MR) is 117 cm³/mol. The van der Waals surface area contributed by atoms with Crippen LogP contribution in [0.15, 0.2) is 0 Å². The van der Waals surface area contributed by atoms with Crippen LogP contribution >= 0.6 is 0 Å². The van der Waals surface area contributed by atoms with Gasteiger partial charge in [0.15, 0.2) is 0 Å². The second-order valence-electron chi connectivity index (χ2n) is 12.2. The van der Waals surface area contributed by atoms with Crippen LogP contribution in [0.5, 0.6) is 0 Å². The minimum atomic E-state index is -0.386. The summed E-state index contributed by atoms with van der Waals surface area (Å²) >= 11 is 0. The molecule has 0 radical (unpaired) electrons. The maximum atomic E-state index is 13.6. The van der Waals surface area contributed by atoms with Gasteiger partial charge < -0.3 is 4.74 Å². The lowest BCUT2D eigenvalue weighted by molar-refractivity contribution is -0.195. The molecule has 0 aromatic rings. The van der Waals surface area contributed by atoms with Crippen molar-refractivity contribution >= 4 is 5.97 Å². The molecule has 3 aliphatic carbocycles. The van der Waals surface area contributed by atoms with E-state index in [9.17, 15) is 4.79 Å². The smallest absolute Gasteiger partial charge is 0.312 e. The lowest BCUT2D eigenvalue weighted by Gasteiger charge is -2.54. The fourth-order valence-electron chi connectivity index (χ4n) is 7.76. The Morgan fingerprint density at radius 2 is 1.54 bits per heavy atom. The van der Waals surface area contributed by atoms with Gasteiger partial charge in [0, 0.05) is 5.92 Å². The van der Waals surface area contributed by atoms with Gasteiger partial charge in [-0.1, -0.05) is 48.5 Å². The third-order valence-corrected chi connectivity index (χ3v) is 9.05. The number of carbonyl (C=O) groups is 1. The van der Waals surface area contributed by atoms with Crippen LogP contribution in [0.25, 0.3) is 0 Å². The molecular formula is C26H46O2. The van der Waals surface area contributed by atoms with Crippen LogP contribution in [0, 0.1) is 46.3 Å². The molecule has 0 spiro atoms. The monoisotopic (exact) mass is 390 g/mol. The zero-order valence-corrected chi connectivity index (χ0v) is 19.9. The number of carbonyl (C=O) groups excluding carboxylic acids is 1. The molecule has 3 rings (SSSR count). The molecule has 0 aliphatic heterocycles. The van der Waals surface area contributed by atoms with Gasteiger partial charge in [-0.15, -0.1) is 0 Å². The Hall–Kier alpha value is -0.530. The van der Waals surface area contributed by atoms with Crippen LogP contribution in [0.3, 0.4) is 0 Å². The van der Waals surface area contributed by atoms with Gasteiger partial charge in [0.05, 0.1) is 5.41 Å². The fraction of sp³-hybridized carbons (Fsp3) is 0.962. The second kappa shape index (κ2) is 7.62. The van der Waals surface area contributed by atoms with Crippen molar-refractivity contribution in [2.75, 3.05) is 0 Å². The third-order valence-electron chi connectivity index (χ3n) is 9.05. The first kappa shape index (κ1) is 22.2. The van der Waals surface area contributed by atoms with Gasteiger partial charge in [0.25, 0.3) is 0 Å². The molecule has 2 bridgehead atoms. The number of hydrogen-bond acceptors (Lipinski definition) is 2. The Kier molecular flexibility index (Phi) is 6.03. The third kappa shape index (κ3) is 3.79. The van der Waals surface area contributed by atoms with E-state index in [0.29, 0.717) is 11.8 Å². The Bertz CT molecular complexity index is 569. The summed E-state index contributed by atoms with van der Waals surface area (Å²) in [6, 6.07) is 0. The van der Waals surface area contributed by atoms with Crippen molar-refractivity contribution in [2.24, 2.45) is 46.3 Å². The highest BCUT2D eigenvalue weighted by Crippen LogP contribution is 2.64. The van der Waals surface area contributed by atoms with Gasteiger partial charge in [-0.25, -0.2) is 0 Å². The second-order valence-corrected chi connectivity index (χ2v) is 12.2. The quantitative estimate of drug-likeness (QED) is 0.428. The highest BCUT2D eigenvalue weighted by Gasteiger charge is 2.59. The summed E-state index contributed by atoms with van der Waals surface area (Å²) < 4.78 is 6.67. The van der Waals surface area contributed by atoms with Crippen LogP contribution in [0.1, 0.15) is 107 Å². The van der Waals surface area contributed by atoms with Crippen molar-refractivity contribution in [1.82, 2.24) is 0 Å². The average Bonchev–Trinajstić information content (AvgIpc) is 2.85. The van der Waals surface area contributed by atoms with E-state index in [1.54, 1.807) is 0 Å².